The van der Waals surface area contributed by atoms with Gasteiger partial charge in [-0.15, -0.1) is 11.3 Å². The first-order valence-corrected chi connectivity index (χ1v) is 7.29. The van der Waals surface area contributed by atoms with Crippen molar-refractivity contribution in [3.8, 4) is 0 Å². The first-order chi connectivity index (χ1) is 9.10. The molecule has 1 aliphatic rings. The smallest absolute Gasteiger partial charge is 0.329 e. The molecule has 0 bridgehead atoms. The van der Waals surface area contributed by atoms with Crippen molar-refractivity contribution in [2.24, 2.45) is 0 Å². The number of amides is 2. The minimum Gasteiger partial charge on any atom is -0.479 e. The fraction of sp³-hybridized carbons (Fsp3) is 0.538. The summed E-state index contributed by atoms with van der Waals surface area (Å²) < 4.78 is 0. The van der Waals surface area contributed by atoms with Gasteiger partial charge in [0.05, 0.1) is 6.54 Å². The number of hydrogen-bond donors (Lipinski definition) is 2. The second kappa shape index (κ2) is 5.61. The fourth-order valence-corrected chi connectivity index (χ4v) is 3.23. The monoisotopic (exact) mass is 282 g/mol. The summed E-state index contributed by atoms with van der Waals surface area (Å²) in [6, 6.07) is 3.59. The molecule has 0 aliphatic carbocycles. The summed E-state index contributed by atoms with van der Waals surface area (Å²) in [7, 11) is 0. The summed E-state index contributed by atoms with van der Waals surface area (Å²) in [5, 5.41) is 14.2. The number of thiophene rings is 1. The fourth-order valence-electron chi connectivity index (χ4n) is 2.59. The van der Waals surface area contributed by atoms with Crippen LogP contribution < -0.4 is 5.32 Å². The van der Waals surface area contributed by atoms with E-state index in [0.717, 1.165) is 11.3 Å². The van der Waals surface area contributed by atoms with Gasteiger partial charge in [0.1, 0.15) is 5.54 Å². The largest absolute Gasteiger partial charge is 0.479 e. The highest BCUT2D eigenvalue weighted by Crippen LogP contribution is 2.32. The lowest BCUT2D eigenvalue weighted by Gasteiger charge is -2.33. The van der Waals surface area contributed by atoms with Gasteiger partial charge in [-0.3, -0.25) is 0 Å². The molecule has 1 saturated heterocycles. The Kier molecular flexibility index (Phi) is 4.09. The number of carboxylic acid groups (broad SMARTS) is 1. The van der Waals surface area contributed by atoms with Gasteiger partial charge in [-0.05, 0) is 30.7 Å². The summed E-state index contributed by atoms with van der Waals surface area (Å²) in [6.07, 6.45) is 1.71. The van der Waals surface area contributed by atoms with Crippen LogP contribution in [0.25, 0.3) is 0 Å². The van der Waals surface area contributed by atoms with E-state index in [0.29, 0.717) is 25.9 Å². The predicted octanol–water partition coefficient (Wildman–Crippen LogP) is 2.29. The Balaban J connectivity index is 2.03. The van der Waals surface area contributed by atoms with Crippen LogP contribution in [0, 0.1) is 0 Å². The van der Waals surface area contributed by atoms with Crippen LogP contribution in [-0.4, -0.2) is 34.1 Å². The minimum atomic E-state index is -1.03. The maximum atomic E-state index is 12.2. The lowest BCUT2D eigenvalue weighted by atomic mass is 9.93. The van der Waals surface area contributed by atoms with Gasteiger partial charge < -0.3 is 15.3 Å². The Hall–Kier alpha value is -1.56. The molecule has 1 aromatic rings. The average Bonchev–Trinajstić information content (AvgIpc) is 3.05. The molecule has 1 aromatic heterocycles. The van der Waals surface area contributed by atoms with E-state index in [9.17, 15) is 14.7 Å². The molecule has 2 heterocycles. The highest BCUT2D eigenvalue weighted by molar-refractivity contribution is 7.09. The van der Waals surface area contributed by atoms with E-state index in [-0.39, 0.29) is 6.03 Å². The third kappa shape index (κ3) is 2.58. The maximum absolute atomic E-state index is 12.2. The van der Waals surface area contributed by atoms with Gasteiger partial charge in [0, 0.05) is 11.4 Å². The first-order valence-electron chi connectivity index (χ1n) is 6.41. The van der Waals surface area contributed by atoms with Crippen LogP contribution in [0.15, 0.2) is 17.5 Å². The van der Waals surface area contributed by atoms with Crippen molar-refractivity contribution in [1.29, 1.82) is 0 Å². The Bertz CT molecular complexity index is 460. The van der Waals surface area contributed by atoms with E-state index in [1.807, 2.05) is 24.4 Å². The molecular weight excluding hydrogens is 264 g/mol. The zero-order valence-corrected chi connectivity index (χ0v) is 11.7. The van der Waals surface area contributed by atoms with Gasteiger partial charge >= 0.3 is 12.0 Å². The molecule has 6 heteroatoms. The van der Waals surface area contributed by atoms with E-state index in [2.05, 4.69) is 5.32 Å². The summed E-state index contributed by atoms with van der Waals surface area (Å²) in [6.45, 7) is 2.78. The number of carbonyl (C=O) groups is 2. The predicted molar refractivity (Wildman–Crippen MR) is 73.2 cm³/mol. The lowest BCUT2D eigenvalue weighted by molar-refractivity contribution is -0.148. The second-order valence-electron chi connectivity index (χ2n) is 4.68. The number of hydrogen-bond acceptors (Lipinski definition) is 3. The summed E-state index contributed by atoms with van der Waals surface area (Å²) in [5.74, 6) is -0.904. The van der Waals surface area contributed by atoms with Crippen molar-refractivity contribution in [3.63, 3.8) is 0 Å². The molecule has 1 atom stereocenters. The molecule has 104 valence electrons. The van der Waals surface area contributed by atoms with Gasteiger partial charge in [0.2, 0.25) is 0 Å². The summed E-state index contributed by atoms with van der Waals surface area (Å²) in [5.41, 5.74) is -1.03. The molecule has 0 saturated carbocycles. The zero-order valence-electron chi connectivity index (χ0n) is 10.9. The quantitative estimate of drug-likeness (QED) is 0.890. The van der Waals surface area contributed by atoms with Crippen LogP contribution >= 0.6 is 11.3 Å². The minimum absolute atomic E-state index is 0.282. The van der Waals surface area contributed by atoms with Crippen LogP contribution in [0.5, 0.6) is 0 Å². The van der Waals surface area contributed by atoms with Crippen molar-refractivity contribution in [1.82, 2.24) is 10.2 Å². The normalized spacial score (nSPS) is 22.5. The Labute approximate surface area is 116 Å². The van der Waals surface area contributed by atoms with Crippen LogP contribution in [0.1, 0.15) is 31.1 Å². The number of carbonyl (C=O) groups excluding carboxylic acids is 1. The van der Waals surface area contributed by atoms with E-state index >= 15 is 0 Å². The SMILES string of the molecule is CCC1(C(=O)O)CCCN1C(=O)NCc1cccs1. The summed E-state index contributed by atoms with van der Waals surface area (Å²) >= 11 is 1.57. The molecule has 1 fully saturated rings. The Morgan fingerprint density at radius 3 is 2.95 bits per heavy atom. The maximum Gasteiger partial charge on any atom is 0.329 e. The van der Waals surface area contributed by atoms with E-state index in [4.69, 9.17) is 0 Å². The van der Waals surface area contributed by atoms with Crippen molar-refractivity contribution >= 4 is 23.3 Å². The Morgan fingerprint density at radius 2 is 2.37 bits per heavy atom. The lowest BCUT2D eigenvalue weighted by Crippen LogP contribution is -2.55. The van der Waals surface area contributed by atoms with Gasteiger partial charge in [-0.25, -0.2) is 9.59 Å². The van der Waals surface area contributed by atoms with E-state index < -0.39 is 11.5 Å². The van der Waals surface area contributed by atoms with Gasteiger partial charge in [-0.1, -0.05) is 13.0 Å². The van der Waals surface area contributed by atoms with Crippen molar-refractivity contribution in [2.75, 3.05) is 6.54 Å². The van der Waals surface area contributed by atoms with Crippen molar-refractivity contribution < 1.29 is 14.7 Å². The molecule has 2 amide bonds. The van der Waals surface area contributed by atoms with Gasteiger partial charge in [-0.2, -0.15) is 0 Å². The molecule has 0 spiro atoms. The number of nitrogens with one attached hydrogen (secondary N) is 1. The molecule has 0 aromatic carbocycles. The van der Waals surface area contributed by atoms with Crippen LogP contribution in [0.3, 0.4) is 0 Å². The van der Waals surface area contributed by atoms with Gasteiger partial charge in [0.25, 0.3) is 0 Å². The van der Waals surface area contributed by atoms with E-state index in [1.54, 1.807) is 11.3 Å². The highest BCUT2D eigenvalue weighted by Gasteiger charge is 2.48. The molecule has 1 unspecified atom stereocenters. The number of carboxylic acids is 1. The number of aliphatic carboxylic acids is 1. The number of nitrogens with zero attached hydrogens (tertiary/aromatic N) is 1. The Morgan fingerprint density at radius 1 is 1.58 bits per heavy atom. The van der Waals surface area contributed by atoms with Crippen molar-refractivity contribution in [3.05, 3.63) is 22.4 Å². The molecular formula is C13H18N2O3S. The van der Waals surface area contributed by atoms with Crippen LogP contribution in [0.4, 0.5) is 4.79 Å². The topological polar surface area (TPSA) is 69.6 Å². The summed E-state index contributed by atoms with van der Waals surface area (Å²) in [4.78, 5) is 26.2. The third-order valence-electron chi connectivity index (χ3n) is 3.71. The second-order valence-corrected chi connectivity index (χ2v) is 5.72. The third-order valence-corrected chi connectivity index (χ3v) is 4.59. The molecule has 2 rings (SSSR count). The molecule has 0 radical (unpaired) electrons. The average molecular weight is 282 g/mol. The van der Waals surface area contributed by atoms with Crippen LogP contribution in [-0.2, 0) is 11.3 Å². The number of urea groups is 1. The first kappa shape index (κ1) is 13.9. The van der Waals surface area contributed by atoms with Crippen molar-refractivity contribution in [2.45, 2.75) is 38.3 Å². The standard InChI is InChI=1S/C13H18N2O3S/c1-2-13(11(16)17)6-4-7-15(13)12(18)14-9-10-5-3-8-19-10/h3,5,8H,2,4,6-7,9H2,1H3,(H,14,18)(H,16,17). The highest BCUT2D eigenvalue weighted by atomic mass is 32.1. The zero-order chi connectivity index (χ0) is 13.9. The number of rotatable bonds is 4. The molecule has 2 N–H and O–H groups in total. The number of likely N-dealkylation sites (tertiary alicyclic amines) is 1. The molecule has 19 heavy (non-hydrogen) atoms. The van der Waals surface area contributed by atoms with E-state index in [1.165, 1.54) is 4.90 Å². The molecule has 5 nitrogen and oxygen atoms in total. The van der Waals surface area contributed by atoms with Crippen LogP contribution in [0.2, 0.25) is 0 Å². The molecule has 1 aliphatic heterocycles. The van der Waals surface area contributed by atoms with Gasteiger partial charge in [0.15, 0.2) is 0 Å².